The highest BCUT2D eigenvalue weighted by atomic mass is 35.5. The Balaban J connectivity index is 2.17. The zero-order valence-electron chi connectivity index (χ0n) is 13.6. The van der Waals surface area contributed by atoms with Crippen LogP contribution >= 0.6 is 23.2 Å². The normalized spacial score (nSPS) is 11.5. The highest BCUT2D eigenvalue weighted by Gasteiger charge is 2.18. The van der Waals surface area contributed by atoms with Crippen molar-refractivity contribution in [1.29, 1.82) is 0 Å². The maximum Gasteiger partial charge on any atom is 0.265 e. The number of ether oxygens (including phenoxy) is 1. The molecule has 0 saturated heterocycles. The maximum absolute atomic E-state index is 12.3. The van der Waals surface area contributed by atoms with E-state index in [1.807, 2.05) is 0 Å². The first-order chi connectivity index (χ1) is 12.2. The first-order valence-electron chi connectivity index (χ1n) is 7.34. The number of primary amides is 2. The van der Waals surface area contributed by atoms with E-state index in [-0.39, 0.29) is 27.6 Å². The van der Waals surface area contributed by atoms with Gasteiger partial charge >= 0.3 is 0 Å². The second-order valence-electron chi connectivity index (χ2n) is 5.35. The molecule has 0 aromatic heterocycles. The summed E-state index contributed by atoms with van der Waals surface area (Å²) in [4.78, 5) is 35.0. The minimum Gasteiger partial charge on any atom is -0.479 e. The van der Waals surface area contributed by atoms with Crippen molar-refractivity contribution >= 4 is 46.6 Å². The van der Waals surface area contributed by atoms with Gasteiger partial charge in [0, 0.05) is 21.8 Å². The predicted octanol–water partition coefficient (Wildman–Crippen LogP) is 2.60. The van der Waals surface area contributed by atoms with Gasteiger partial charge in [0.2, 0.25) is 11.8 Å². The van der Waals surface area contributed by atoms with E-state index in [9.17, 15) is 14.4 Å². The van der Waals surface area contributed by atoms with Gasteiger partial charge in [-0.1, -0.05) is 23.2 Å². The number of nitrogens with two attached hydrogens (primary N) is 2. The van der Waals surface area contributed by atoms with Gasteiger partial charge in [-0.25, -0.2) is 0 Å². The molecule has 2 aromatic rings. The van der Waals surface area contributed by atoms with Gasteiger partial charge in [-0.05, 0) is 43.3 Å². The zero-order chi connectivity index (χ0) is 19.4. The molecule has 0 bridgehead atoms. The van der Waals surface area contributed by atoms with Crippen LogP contribution in [0.25, 0.3) is 0 Å². The molecular formula is C17H15Cl2N3O4. The number of hydrogen-bond acceptors (Lipinski definition) is 4. The third kappa shape index (κ3) is 4.87. The van der Waals surface area contributed by atoms with Crippen LogP contribution in [0.15, 0.2) is 36.4 Å². The van der Waals surface area contributed by atoms with Crippen molar-refractivity contribution in [2.24, 2.45) is 11.5 Å². The van der Waals surface area contributed by atoms with Crippen molar-refractivity contribution in [3.8, 4) is 5.75 Å². The van der Waals surface area contributed by atoms with Crippen LogP contribution in [0.3, 0.4) is 0 Å². The molecule has 0 aliphatic carbocycles. The fourth-order valence-corrected chi connectivity index (χ4v) is 2.50. The number of amides is 3. The molecule has 2 aromatic carbocycles. The van der Waals surface area contributed by atoms with Gasteiger partial charge in [-0.3, -0.25) is 14.4 Å². The largest absolute Gasteiger partial charge is 0.479 e. The van der Waals surface area contributed by atoms with E-state index in [4.69, 9.17) is 39.4 Å². The molecule has 9 heteroatoms. The smallest absolute Gasteiger partial charge is 0.265 e. The minimum absolute atomic E-state index is 0.0333. The molecule has 0 aliphatic heterocycles. The molecule has 5 N–H and O–H groups in total. The van der Waals surface area contributed by atoms with E-state index in [0.29, 0.717) is 5.02 Å². The highest BCUT2D eigenvalue weighted by molar-refractivity contribution is 6.35. The summed E-state index contributed by atoms with van der Waals surface area (Å²) in [5.41, 5.74) is 10.7. The Bertz CT molecular complexity index is 854. The summed E-state index contributed by atoms with van der Waals surface area (Å²) in [6.07, 6.45) is -0.928. The number of rotatable bonds is 6. The van der Waals surface area contributed by atoms with Crippen molar-refractivity contribution in [3.63, 3.8) is 0 Å². The maximum atomic E-state index is 12.3. The number of carbonyl (C=O) groups is 3. The summed E-state index contributed by atoms with van der Waals surface area (Å²) in [7, 11) is 0. The van der Waals surface area contributed by atoms with Gasteiger partial charge in [-0.2, -0.15) is 0 Å². The monoisotopic (exact) mass is 395 g/mol. The molecule has 0 fully saturated rings. The van der Waals surface area contributed by atoms with E-state index < -0.39 is 23.8 Å². The van der Waals surface area contributed by atoms with Gasteiger partial charge in [0.15, 0.2) is 6.10 Å². The van der Waals surface area contributed by atoms with Crippen molar-refractivity contribution in [1.82, 2.24) is 0 Å². The number of hydrogen-bond donors (Lipinski definition) is 3. The van der Waals surface area contributed by atoms with Crippen LogP contribution in [0, 0.1) is 0 Å². The summed E-state index contributed by atoms with van der Waals surface area (Å²) in [6.45, 7) is 1.51. The summed E-state index contributed by atoms with van der Waals surface area (Å²) < 4.78 is 5.50. The Morgan fingerprint density at radius 3 is 2.08 bits per heavy atom. The van der Waals surface area contributed by atoms with Gasteiger partial charge in [0.25, 0.3) is 5.91 Å². The fraction of sp³-hybridized carbons (Fsp3) is 0.118. The number of anilines is 1. The molecule has 0 aliphatic rings. The quantitative estimate of drug-likeness (QED) is 0.694. The Labute approximate surface area is 159 Å². The Morgan fingerprint density at radius 2 is 1.58 bits per heavy atom. The Morgan fingerprint density at radius 1 is 1.00 bits per heavy atom. The van der Waals surface area contributed by atoms with Gasteiger partial charge in [-0.15, -0.1) is 0 Å². The molecule has 26 heavy (non-hydrogen) atoms. The summed E-state index contributed by atoms with van der Waals surface area (Å²) in [5, 5.41) is 3.22. The van der Waals surface area contributed by atoms with E-state index in [2.05, 4.69) is 5.32 Å². The van der Waals surface area contributed by atoms with Crippen LogP contribution in [-0.2, 0) is 4.79 Å². The molecule has 0 unspecified atom stereocenters. The molecule has 2 rings (SSSR count). The Kier molecular flexibility index (Phi) is 6.07. The molecule has 136 valence electrons. The lowest BCUT2D eigenvalue weighted by Gasteiger charge is -2.16. The van der Waals surface area contributed by atoms with Crippen LogP contribution in [0.5, 0.6) is 5.75 Å². The Hall–Kier alpha value is -2.77. The van der Waals surface area contributed by atoms with E-state index in [0.717, 1.165) is 0 Å². The van der Waals surface area contributed by atoms with Crippen LogP contribution in [0.2, 0.25) is 10.0 Å². The number of carbonyl (C=O) groups excluding carboxylic acids is 3. The lowest BCUT2D eigenvalue weighted by Crippen LogP contribution is -2.30. The van der Waals surface area contributed by atoms with Crippen molar-refractivity contribution < 1.29 is 19.1 Å². The molecule has 0 heterocycles. The summed E-state index contributed by atoms with van der Waals surface area (Å²) in [5.74, 6) is -1.78. The molecule has 0 spiro atoms. The predicted molar refractivity (Wildman–Crippen MR) is 98.7 cm³/mol. The molecule has 7 nitrogen and oxygen atoms in total. The van der Waals surface area contributed by atoms with Crippen LogP contribution in [0.1, 0.15) is 27.6 Å². The van der Waals surface area contributed by atoms with Crippen LogP contribution in [-0.4, -0.2) is 23.8 Å². The van der Waals surface area contributed by atoms with E-state index in [1.165, 1.54) is 37.3 Å². The summed E-state index contributed by atoms with van der Waals surface area (Å²) >= 11 is 11.8. The van der Waals surface area contributed by atoms with Crippen molar-refractivity contribution in [2.45, 2.75) is 13.0 Å². The highest BCUT2D eigenvalue weighted by Crippen LogP contribution is 2.28. The second-order valence-corrected chi connectivity index (χ2v) is 6.20. The number of nitrogens with one attached hydrogen (secondary N) is 1. The van der Waals surface area contributed by atoms with Crippen LogP contribution in [0.4, 0.5) is 5.69 Å². The van der Waals surface area contributed by atoms with Gasteiger partial charge in [0.1, 0.15) is 5.75 Å². The number of halogens is 2. The second kappa shape index (κ2) is 8.07. The van der Waals surface area contributed by atoms with Crippen molar-refractivity contribution in [3.05, 3.63) is 57.6 Å². The van der Waals surface area contributed by atoms with Crippen molar-refractivity contribution in [2.75, 3.05) is 5.32 Å². The topological polar surface area (TPSA) is 125 Å². The SMILES string of the molecule is C[C@@H](Oc1ccc(Cl)cc1Cl)C(=O)Nc1cc(C(N)=O)cc(C(N)=O)c1. The first kappa shape index (κ1) is 19.6. The third-order valence-corrected chi connectivity index (χ3v) is 3.87. The van der Waals surface area contributed by atoms with Gasteiger partial charge in [0.05, 0.1) is 5.02 Å². The number of benzene rings is 2. The van der Waals surface area contributed by atoms with Gasteiger partial charge < -0.3 is 21.5 Å². The summed E-state index contributed by atoms with van der Waals surface area (Å²) in [6, 6.07) is 8.49. The average Bonchev–Trinajstić information content (AvgIpc) is 2.56. The van der Waals surface area contributed by atoms with E-state index in [1.54, 1.807) is 6.07 Å². The molecule has 0 saturated carbocycles. The van der Waals surface area contributed by atoms with E-state index >= 15 is 0 Å². The molecular weight excluding hydrogens is 381 g/mol. The molecule has 0 radical (unpaired) electrons. The van der Waals surface area contributed by atoms with Crippen LogP contribution < -0.4 is 21.5 Å². The molecule has 1 atom stereocenters. The standard InChI is InChI=1S/C17H15Cl2N3O4/c1-8(26-14-3-2-11(18)7-13(14)19)17(25)22-12-5-9(15(20)23)4-10(6-12)16(21)24/h2-8H,1H3,(H2,20,23)(H2,21,24)(H,22,25)/t8-/m1/s1. The minimum atomic E-state index is -0.928. The zero-order valence-corrected chi connectivity index (χ0v) is 15.1. The lowest BCUT2D eigenvalue weighted by atomic mass is 10.1. The third-order valence-electron chi connectivity index (χ3n) is 3.34. The lowest BCUT2D eigenvalue weighted by molar-refractivity contribution is -0.122. The first-order valence-corrected chi connectivity index (χ1v) is 8.10. The molecule has 3 amide bonds. The average molecular weight is 396 g/mol. The fourth-order valence-electron chi connectivity index (χ4n) is 2.04.